The minimum absolute atomic E-state index is 0. The molecule has 2 heterocycles. The molecule has 1 saturated heterocycles. The van der Waals surface area contributed by atoms with Gasteiger partial charge in [-0.1, -0.05) is 6.07 Å². The van der Waals surface area contributed by atoms with E-state index in [1.165, 1.54) is 23.1 Å². The third-order valence-corrected chi connectivity index (χ3v) is 4.84. The SMILES string of the molecule is COc1ccc(C)c2c1C[C@H](CC1CCNC1)O[C@H]2CN.Cl.Cl. The lowest BCUT2D eigenvalue weighted by atomic mass is 9.87. The molecule has 0 aliphatic carbocycles. The van der Waals surface area contributed by atoms with Crippen LogP contribution in [0.5, 0.6) is 5.75 Å². The van der Waals surface area contributed by atoms with Crippen molar-refractivity contribution in [3.05, 3.63) is 28.8 Å². The minimum Gasteiger partial charge on any atom is -0.496 e. The van der Waals surface area contributed by atoms with Gasteiger partial charge in [-0.3, -0.25) is 0 Å². The van der Waals surface area contributed by atoms with E-state index in [1.807, 2.05) is 0 Å². The fraction of sp³-hybridized carbons (Fsp3) is 0.647. The molecule has 0 amide bonds. The summed E-state index contributed by atoms with van der Waals surface area (Å²) >= 11 is 0. The van der Waals surface area contributed by atoms with Crippen LogP contribution in [-0.4, -0.2) is 32.8 Å². The molecular formula is C17H28Cl2N2O2. The molecule has 23 heavy (non-hydrogen) atoms. The maximum absolute atomic E-state index is 6.30. The number of hydrogen-bond acceptors (Lipinski definition) is 4. The lowest BCUT2D eigenvalue weighted by molar-refractivity contribution is -0.0320. The van der Waals surface area contributed by atoms with Crippen molar-refractivity contribution in [3.63, 3.8) is 0 Å². The molecule has 0 spiro atoms. The van der Waals surface area contributed by atoms with Crippen LogP contribution in [0.2, 0.25) is 0 Å². The normalized spacial score (nSPS) is 26.0. The van der Waals surface area contributed by atoms with E-state index in [1.54, 1.807) is 7.11 Å². The van der Waals surface area contributed by atoms with Crippen LogP contribution < -0.4 is 15.8 Å². The van der Waals surface area contributed by atoms with Crippen molar-refractivity contribution in [3.8, 4) is 5.75 Å². The Hall–Kier alpha value is -0.520. The van der Waals surface area contributed by atoms with Gasteiger partial charge in [-0.2, -0.15) is 0 Å². The molecule has 2 aliphatic heterocycles. The van der Waals surface area contributed by atoms with Crippen LogP contribution in [0.1, 0.15) is 35.6 Å². The summed E-state index contributed by atoms with van der Waals surface area (Å²) in [7, 11) is 1.74. The molecule has 1 aromatic carbocycles. The van der Waals surface area contributed by atoms with Crippen LogP contribution in [0, 0.1) is 12.8 Å². The third-order valence-electron chi connectivity index (χ3n) is 4.84. The van der Waals surface area contributed by atoms with Crippen molar-refractivity contribution >= 4 is 24.8 Å². The number of methoxy groups -OCH3 is 1. The second-order valence-electron chi connectivity index (χ2n) is 6.26. The Morgan fingerprint density at radius 2 is 2.13 bits per heavy atom. The van der Waals surface area contributed by atoms with Gasteiger partial charge in [0.15, 0.2) is 0 Å². The molecule has 1 unspecified atom stereocenters. The van der Waals surface area contributed by atoms with E-state index in [0.29, 0.717) is 6.54 Å². The number of benzene rings is 1. The summed E-state index contributed by atoms with van der Waals surface area (Å²) in [5.74, 6) is 1.71. The Morgan fingerprint density at radius 3 is 2.74 bits per heavy atom. The molecule has 4 nitrogen and oxygen atoms in total. The van der Waals surface area contributed by atoms with Crippen LogP contribution in [0.3, 0.4) is 0 Å². The smallest absolute Gasteiger partial charge is 0.122 e. The first-order valence-electron chi connectivity index (χ1n) is 7.95. The van der Waals surface area contributed by atoms with Crippen LogP contribution >= 0.6 is 24.8 Å². The standard InChI is InChI=1S/C17H26N2O2.2ClH/c1-11-3-4-15(20-2)14-8-13(7-12-5-6-19-10-12)21-16(9-18)17(11)14;;/h3-4,12-13,16,19H,5-10,18H2,1-2H3;2*1H/t12?,13-,16-;;/m0../s1. The number of aryl methyl sites for hydroxylation is 1. The number of nitrogens with one attached hydrogen (secondary N) is 1. The largest absolute Gasteiger partial charge is 0.496 e. The van der Waals surface area contributed by atoms with Crippen molar-refractivity contribution in [2.75, 3.05) is 26.7 Å². The Kier molecular flexibility index (Phi) is 8.11. The van der Waals surface area contributed by atoms with Crippen LogP contribution in [0.15, 0.2) is 12.1 Å². The molecule has 0 bridgehead atoms. The Morgan fingerprint density at radius 1 is 1.35 bits per heavy atom. The zero-order valence-electron chi connectivity index (χ0n) is 13.8. The molecule has 0 saturated carbocycles. The first-order chi connectivity index (χ1) is 10.2. The summed E-state index contributed by atoms with van der Waals surface area (Å²) in [4.78, 5) is 0. The highest BCUT2D eigenvalue weighted by atomic mass is 35.5. The van der Waals surface area contributed by atoms with Gasteiger partial charge in [0.2, 0.25) is 0 Å². The number of nitrogens with two attached hydrogens (primary N) is 1. The average molecular weight is 363 g/mol. The molecular weight excluding hydrogens is 335 g/mol. The second kappa shape index (κ2) is 9.09. The van der Waals surface area contributed by atoms with Gasteiger partial charge >= 0.3 is 0 Å². The third kappa shape index (κ3) is 4.31. The van der Waals surface area contributed by atoms with Crippen molar-refractivity contribution in [1.82, 2.24) is 5.32 Å². The van der Waals surface area contributed by atoms with Gasteiger partial charge in [-0.05, 0) is 56.0 Å². The fourth-order valence-corrected chi connectivity index (χ4v) is 3.79. The Bertz CT molecular complexity index is 508. The van der Waals surface area contributed by atoms with Crippen LogP contribution in [-0.2, 0) is 11.2 Å². The number of rotatable bonds is 4. The van der Waals surface area contributed by atoms with Gasteiger partial charge < -0.3 is 20.5 Å². The summed E-state index contributed by atoms with van der Waals surface area (Å²) in [6.07, 6.45) is 3.56. The summed E-state index contributed by atoms with van der Waals surface area (Å²) < 4.78 is 11.9. The Labute approximate surface area is 151 Å². The van der Waals surface area contributed by atoms with Crippen molar-refractivity contribution < 1.29 is 9.47 Å². The minimum atomic E-state index is 0. The number of hydrogen-bond donors (Lipinski definition) is 2. The molecule has 3 atom stereocenters. The molecule has 3 rings (SSSR count). The summed E-state index contributed by atoms with van der Waals surface area (Å²) in [5.41, 5.74) is 9.77. The molecule has 132 valence electrons. The lowest BCUT2D eigenvalue weighted by Gasteiger charge is -2.35. The van der Waals surface area contributed by atoms with Crippen LogP contribution in [0.25, 0.3) is 0 Å². The summed E-state index contributed by atoms with van der Waals surface area (Å²) in [6, 6.07) is 4.17. The number of fused-ring (bicyclic) bond motifs is 1. The molecule has 3 N–H and O–H groups in total. The monoisotopic (exact) mass is 362 g/mol. The predicted octanol–water partition coefficient (Wildman–Crippen LogP) is 2.79. The van der Waals surface area contributed by atoms with E-state index in [4.69, 9.17) is 15.2 Å². The molecule has 0 radical (unpaired) electrons. The number of halogens is 2. The molecule has 1 aromatic rings. The molecule has 2 aliphatic rings. The van der Waals surface area contributed by atoms with E-state index in [0.717, 1.165) is 37.6 Å². The first kappa shape index (κ1) is 20.5. The van der Waals surface area contributed by atoms with Crippen molar-refractivity contribution in [2.45, 2.75) is 38.4 Å². The zero-order valence-corrected chi connectivity index (χ0v) is 15.5. The van der Waals surface area contributed by atoms with Gasteiger partial charge in [0.1, 0.15) is 5.75 Å². The topological polar surface area (TPSA) is 56.5 Å². The lowest BCUT2D eigenvalue weighted by Crippen LogP contribution is -2.33. The van der Waals surface area contributed by atoms with Crippen LogP contribution in [0.4, 0.5) is 0 Å². The van der Waals surface area contributed by atoms with Crippen molar-refractivity contribution in [2.24, 2.45) is 11.7 Å². The van der Waals surface area contributed by atoms with E-state index in [9.17, 15) is 0 Å². The number of ether oxygens (including phenoxy) is 2. The second-order valence-corrected chi connectivity index (χ2v) is 6.26. The van der Waals surface area contributed by atoms with E-state index >= 15 is 0 Å². The predicted molar refractivity (Wildman–Crippen MR) is 98.2 cm³/mol. The maximum Gasteiger partial charge on any atom is 0.122 e. The average Bonchev–Trinajstić information content (AvgIpc) is 2.99. The van der Waals surface area contributed by atoms with Gasteiger partial charge in [-0.25, -0.2) is 0 Å². The zero-order chi connectivity index (χ0) is 14.8. The summed E-state index contributed by atoms with van der Waals surface area (Å²) in [5, 5.41) is 3.43. The van der Waals surface area contributed by atoms with E-state index in [-0.39, 0.29) is 37.0 Å². The molecule has 1 fully saturated rings. The van der Waals surface area contributed by atoms with E-state index in [2.05, 4.69) is 24.4 Å². The maximum atomic E-state index is 6.30. The summed E-state index contributed by atoms with van der Waals surface area (Å²) in [6.45, 7) is 4.91. The van der Waals surface area contributed by atoms with Gasteiger partial charge in [0, 0.05) is 18.5 Å². The van der Waals surface area contributed by atoms with Gasteiger partial charge in [0.05, 0.1) is 19.3 Å². The first-order valence-corrected chi connectivity index (χ1v) is 7.95. The molecule has 6 heteroatoms. The highest BCUT2D eigenvalue weighted by Gasteiger charge is 2.32. The quantitative estimate of drug-likeness (QED) is 0.864. The highest BCUT2D eigenvalue weighted by Crippen LogP contribution is 2.39. The van der Waals surface area contributed by atoms with E-state index < -0.39 is 0 Å². The van der Waals surface area contributed by atoms with Gasteiger partial charge in [-0.15, -0.1) is 24.8 Å². The Balaban J connectivity index is 0.00000132. The van der Waals surface area contributed by atoms with Gasteiger partial charge in [0.25, 0.3) is 0 Å². The van der Waals surface area contributed by atoms with Crippen molar-refractivity contribution in [1.29, 1.82) is 0 Å². The molecule has 0 aromatic heterocycles. The highest BCUT2D eigenvalue weighted by molar-refractivity contribution is 5.85. The fourth-order valence-electron chi connectivity index (χ4n) is 3.79.